The number of halogens is 6. The molecule has 3 aliphatic rings. The standard InChI is InChI=1S/C24H28F6N6O3/c25-23(26,27)19-13-16(1-3-20(19)36(38)39)32-17-5-8-35(15-17)22(37)6-7-33-9-11-34(12-10-33)18-2-4-21(31-14-18)24(28,29)30/h1-4,13-14,17,19-20,32H,5-12,15H2/t17-,19?,20?/m1/s1. The Kier molecular flexibility index (Phi) is 8.37. The molecule has 214 valence electrons. The van der Waals surface area contributed by atoms with E-state index in [1.165, 1.54) is 18.3 Å². The van der Waals surface area contributed by atoms with Gasteiger partial charge in [0.2, 0.25) is 11.9 Å². The number of nitrogens with one attached hydrogen (secondary N) is 1. The number of carbonyl (C=O) groups excluding carboxylic acids is 1. The molecule has 2 aliphatic heterocycles. The van der Waals surface area contributed by atoms with Crippen molar-refractivity contribution in [2.45, 2.75) is 37.3 Å². The van der Waals surface area contributed by atoms with Crippen molar-refractivity contribution in [1.82, 2.24) is 20.1 Å². The fraction of sp³-hybridized carbons (Fsp3) is 0.583. The Balaban J connectivity index is 1.20. The average Bonchev–Trinajstić information content (AvgIpc) is 3.35. The lowest BCUT2D eigenvalue weighted by Crippen LogP contribution is -2.47. The van der Waals surface area contributed by atoms with E-state index in [4.69, 9.17) is 0 Å². The number of carbonyl (C=O) groups is 1. The molecular formula is C24H28F6N6O3. The second kappa shape index (κ2) is 11.4. The number of aromatic nitrogens is 1. The van der Waals surface area contributed by atoms with Crippen LogP contribution in [-0.2, 0) is 11.0 Å². The van der Waals surface area contributed by atoms with Gasteiger partial charge in [0.1, 0.15) is 11.6 Å². The molecule has 2 unspecified atom stereocenters. The zero-order valence-electron chi connectivity index (χ0n) is 20.8. The average molecular weight is 563 g/mol. The zero-order valence-corrected chi connectivity index (χ0v) is 20.8. The number of nitro groups is 1. The van der Waals surface area contributed by atoms with Gasteiger partial charge in [-0.15, -0.1) is 0 Å². The molecule has 9 nitrogen and oxygen atoms in total. The maximum Gasteiger partial charge on any atom is 0.433 e. The van der Waals surface area contributed by atoms with Crippen LogP contribution in [0.5, 0.6) is 0 Å². The van der Waals surface area contributed by atoms with Gasteiger partial charge in [0.05, 0.1) is 11.9 Å². The number of pyridine rings is 1. The van der Waals surface area contributed by atoms with E-state index in [1.807, 2.05) is 4.90 Å². The number of hydrogen-bond donors (Lipinski definition) is 1. The van der Waals surface area contributed by atoms with Crippen LogP contribution in [-0.4, -0.2) is 89.7 Å². The maximum atomic E-state index is 13.3. The third kappa shape index (κ3) is 7.19. The molecule has 4 rings (SSSR count). The summed E-state index contributed by atoms with van der Waals surface area (Å²) in [6.07, 6.45) is -4.19. The largest absolute Gasteiger partial charge is 0.433 e. The Labute approximate surface area is 220 Å². The van der Waals surface area contributed by atoms with Gasteiger partial charge in [-0.1, -0.05) is 0 Å². The third-order valence-corrected chi connectivity index (χ3v) is 7.15. The zero-order chi connectivity index (χ0) is 28.4. The summed E-state index contributed by atoms with van der Waals surface area (Å²) in [6.45, 7) is 3.69. The van der Waals surface area contributed by atoms with Gasteiger partial charge in [0.15, 0.2) is 0 Å². The molecule has 15 heteroatoms. The molecule has 0 bridgehead atoms. The molecular weight excluding hydrogens is 534 g/mol. The van der Waals surface area contributed by atoms with Crippen LogP contribution in [0.25, 0.3) is 0 Å². The van der Waals surface area contributed by atoms with Crippen LogP contribution < -0.4 is 10.2 Å². The van der Waals surface area contributed by atoms with Gasteiger partial charge in [-0.05, 0) is 36.8 Å². The molecule has 1 aromatic heterocycles. The van der Waals surface area contributed by atoms with Crippen LogP contribution in [0.1, 0.15) is 18.5 Å². The molecule has 3 atom stereocenters. The monoisotopic (exact) mass is 562 g/mol. The number of amides is 1. The van der Waals surface area contributed by atoms with Gasteiger partial charge in [0.25, 0.3) is 0 Å². The molecule has 1 aromatic rings. The van der Waals surface area contributed by atoms with Crippen molar-refractivity contribution in [3.63, 3.8) is 0 Å². The molecule has 1 N–H and O–H groups in total. The van der Waals surface area contributed by atoms with E-state index in [1.54, 1.807) is 4.90 Å². The molecule has 39 heavy (non-hydrogen) atoms. The summed E-state index contributed by atoms with van der Waals surface area (Å²) in [4.78, 5) is 32.0. The number of rotatable bonds is 7. The van der Waals surface area contributed by atoms with Crippen molar-refractivity contribution < 1.29 is 36.1 Å². The minimum absolute atomic E-state index is 0.0802. The van der Waals surface area contributed by atoms with E-state index in [-0.39, 0.29) is 24.1 Å². The molecule has 0 radical (unpaired) electrons. The predicted octanol–water partition coefficient (Wildman–Crippen LogP) is 3.08. The Bertz CT molecular complexity index is 1100. The fourth-order valence-electron chi connectivity index (χ4n) is 4.98. The predicted molar refractivity (Wildman–Crippen MR) is 128 cm³/mol. The van der Waals surface area contributed by atoms with E-state index in [0.717, 1.165) is 18.2 Å². The first-order chi connectivity index (χ1) is 18.3. The number of piperazine rings is 1. The van der Waals surface area contributed by atoms with Crippen LogP contribution in [0.3, 0.4) is 0 Å². The number of nitrogens with zero attached hydrogens (tertiary/aromatic N) is 5. The molecule has 3 heterocycles. The van der Waals surface area contributed by atoms with Crippen molar-refractivity contribution >= 4 is 11.6 Å². The third-order valence-electron chi connectivity index (χ3n) is 7.15. The summed E-state index contributed by atoms with van der Waals surface area (Å²) in [7, 11) is 0. The van der Waals surface area contributed by atoms with Crippen LogP contribution >= 0.6 is 0 Å². The van der Waals surface area contributed by atoms with E-state index >= 15 is 0 Å². The van der Waals surface area contributed by atoms with E-state index in [9.17, 15) is 41.3 Å². The van der Waals surface area contributed by atoms with Crippen molar-refractivity contribution in [3.8, 4) is 0 Å². The van der Waals surface area contributed by atoms with Crippen LogP contribution in [0.4, 0.5) is 32.0 Å². The summed E-state index contributed by atoms with van der Waals surface area (Å²) in [5.74, 6) is -2.31. The number of alkyl halides is 6. The van der Waals surface area contributed by atoms with E-state index < -0.39 is 34.9 Å². The highest BCUT2D eigenvalue weighted by Crippen LogP contribution is 2.35. The van der Waals surface area contributed by atoms with Crippen molar-refractivity contribution in [2.75, 3.05) is 50.7 Å². The van der Waals surface area contributed by atoms with Gasteiger partial charge < -0.3 is 15.1 Å². The maximum absolute atomic E-state index is 13.3. The highest BCUT2D eigenvalue weighted by molar-refractivity contribution is 5.76. The highest BCUT2D eigenvalue weighted by Gasteiger charge is 2.49. The normalized spacial score (nSPS) is 24.6. The summed E-state index contributed by atoms with van der Waals surface area (Å²) in [5, 5.41) is 14.0. The van der Waals surface area contributed by atoms with Gasteiger partial charge in [0, 0.05) is 68.9 Å². The van der Waals surface area contributed by atoms with E-state index in [2.05, 4.69) is 15.2 Å². The number of allylic oxidation sites excluding steroid dienone is 1. The smallest absolute Gasteiger partial charge is 0.381 e. The van der Waals surface area contributed by atoms with Gasteiger partial charge >= 0.3 is 12.4 Å². The second-order valence-electron chi connectivity index (χ2n) is 9.77. The molecule has 1 amide bonds. The molecule has 0 aromatic carbocycles. The van der Waals surface area contributed by atoms with Gasteiger partial charge in [-0.2, -0.15) is 26.3 Å². The van der Waals surface area contributed by atoms with Gasteiger partial charge in [-0.25, -0.2) is 4.98 Å². The molecule has 2 saturated heterocycles. The summed E-state index contributed by atoms with van der Waals surface area (Å²) >= 11 is 0. The molecule has 2 fully saturated rings. The molecule has 0 saturated carbocycles. The first kappa shape index (κ1) is 28.6. The van der Waals surface area contributed by atoms with Crippen LogP contribution in [0.2, 0.25) is 0 Å². The quantitative estimate of drug-likeness (QED) is 0.310. The van der Waals surface area contributed by atoms with Crippen molar-refractivity contribution in [2.24, 2.45) is 5.92 Å². The number of anilines is 1. The Hall–Kier alpha value is -3.36. The SMILES string of the molecule is O=C(CCN1CCN(c2ccc(C(F)(F)F)nc2)CC1)N1CC[C@@H](NC2=CC(C(F)(F)F)C([N+](=O)[O-])C=C2)C1. The van der Waals surface area contributed by atoms with Crippen molar-refractivity contribution in [3.05, 3.63) is 58.1 Å². The number of hydrogen-bond acceptors (Lipinski definition) is 7. The summed E-state index contributed by atoms with van der Waals surface area (Å²) in [5.41, 5.74) is -0.188. The minimum Gasteiger partial charge on any atom is -0.381 e. The number of likely N-dealkylation sites (tertiary alicyclic amines) is 1. The lowest BCUT2D eigenvalue weighted by molar-refractivity contribution is -0.525. The van der Waals surface area contributed by atoms with Crippen molar-refractivity contribution in [1.29, 1.82) is 0 Å². The Morgan fingerprint density at radius 1 is 1.10 bits per heavy atom. The molecule has 0 spiro atoms. The van der Waals surface area contributed by atoms with E-state index in [0.29, 0.717) is 57.9 Å². The minimum atomic E-state index is -4.76. The van der Waals surface area contributed by atoms with Gasteiger partial charge in [-0.3, -0.25) is 19.8 Å². The lowest BCUT2D eigenvalue weighted by Gasteiger charge is -2.36. The summed E-state index contributed by atoms with van der Waals surface area (Å²) < 4.78 is 78.0. The van der Waals surface area contributed by atoms with Crippen LogP contribution in [0.15, 0.2) is 42.3 Å². The first-order valence-corrected chi connectivity index (χ1v) is 12.5. The first-order valence-electron chi connectivity index (χ1n) is 12.5. The topological polar surface area (TPSA) is 94.9 Å². The highest BCUT2D eigenvalue weighted by atomic mass is 19.4. The summed E-state index contributed by atoms with van der Waals surface area (Å²) in [6, 6.07) is 0.213. The second-order valence-corrected chi connectivity index (χ2v) is 9.77. The van der Waals surface area contributed by atoms with Crippen LogP contribution in [0, 0.1) is 16.0 Å². The fourth-order valence-corrected chi connectivity index (χ4v) is 4.98. The lowest BCUT2D eigenvalue weighted by atomic mass is 9.93. The Morgan fingerprint density at radius 3 is 2.41 bits per heavy atom. The molecule has 1 aliphatic carbocycles. The Morgan fingerprint density at radius 2 is 1.82 bits per heavy atom.